The number of carbonyl (C=O) groups is 1. The number of aryl methyl sites for hydroxylation is 1. The van der Waals surface area contributed by atoms with Crippen molar-refractivity contribution >= 4 is 23.6 Å². The maximum absolute atomic E-state index is 12.6. The zero-order valence-electron chi connectivity index (χ0n) is 16.3. The normalized spacial score (nSPS) is 17.8. The van der Waals surface area contributed by atoms with Crippen molar-refractivity contribution in [3.05, 3.63) is 29.8 Å². The van der Waals surface area contributed by atoms with Gasteiger partial charge in [-0.15, -0.1) is 10.2 Å². The molecule has 2 aromatic rings. The maximum atomic E-state index is 12.6. The number of piperidine rings is 1. The van der Waals surface area contributed by atoms with Crippen LogP contribution in [-0.2, 0) is 9.53 Å². The summed E-state index contributed by atoms with van der Waals surface area (Å²) in [5.41, 5.74) is 2.23. The van der Waals surface area contributed by atoms with Gasteiger partial charge in [0.15, 0.2) is 5.16 Å². The fourth-order valence-electron chi connectivity index (χ4n) is 3.60. The van der Waals surface area contributed by atoms with Crippen molar-refractivity contribution in [2.24, 2.45) is 0 Å². The lowest BCUT2D eigenvalue weighted by Crippen LogP contribution is -2.38. The molecule has 2 aliphatic rings. The number of ether oxygens (including phenoxy) is 1. The van der Waals surface area contributed by atoms with Crippen molar-refractivity contribution < 1.29 is 9.53 Å². The van der Waals surface area contributed by atoms with Gasteiger partial charge < -0.3 is 14.5 Å². The summed E-state index contributed by atoms with van der Waals surface area (Å²) >= 11 is 1.47. The number of nitrogens with zero attached hydrogens (tertiary/aromatic N) is 5. The predicted octanol–water partition coefficient (Wildman–Crippen LogP) is 2.52. The Morgan fingerprint density at radius 2 is 1.75 bits per heavy atom. The highest BCUT2D eigenvalue weighted by Crippen LogP contribution is 2.28. The highest BCUT2D eigenvalue weighted by atomic mass is 32.2. The second kappa shape index (κ2) is 8.96. The van der Waals surface area contributed by atoms with E-state index in [1.54, 1.807) is 0 Å². The van der Waals surface area contributed by atoms with Crippen LogP contribution in [0.15, 0.2) is 29.4 Å². The van der Waals surface area contributed by atoms with Crippen molar-refractivity contribution in [3.63, 3.8) is 0 Å². The minimum absolute atomic E-state index is 0.191. The number of amides is 1. The van der Waals surface area contributed by atoms with Crippen LogP contribution in [0.1, 0.15) is 24.8 Å². The average Bonchev–Trinajstić information content (AvgIpc) is 3.18. The van der Waals surface area contributed by atoms with Crippen LogP contribution in [0.3, 0.4) is 0 Å². The molecule has 2 saturated heterocycles. The SMILES string of the molecule is Cc1ccc(-n2c(SCC(=O)N3CCCCC3)nnc2N2CCOCC2)cc1. The molecule has 3 heterocycles. The minimum Gasteiger partial charge on any atom is -0.378 e. The summed E-state index contributed by atoms with van der Waals surface area (Å²) in [6, 6.07) is 8.34. The molecule has 0 bridgehead atoms. The number of carbonyl (C=O) groups excluding carboxylic acids is 1. The monoisotopic (exact) mass is 401 g/mol. The Bertz CT molecular complexity index is 795. The molecule has 1 amide bonds. The first-order valence-corrected chi connectivity index (χ1v) is 11.0. The quantitative estimate of drug-likeness (QED) is 0.718. The number of likely N-dealkylation sites (tertiary alicyclic amines) is 1. The summed E-state index contributed by atoms with van der Waals surface area (Å²) < 4.78 is 7.55. The number of hydrogen-bond donors (Lipinski definition) is 0. The van der Waals surface area contributed by atoms with Crippen molar-refractivity contribution in [1.29, 1.82) is 0 Å². The molecule has 1 aromatic carbocycles. The van der Waals surface area contributed by atoms with Crippen LogP contribution in [0.2, 0.25) is 0 Å². The molecule has 0 spiro atoms. The van der Waals surface area contributed by atoms with Gasteiger partial charge in [0, 0.05) is 26.2 Å². The number of rotatable bonds is 5. The molecule has 28 heavy (non-hydrogen) atoms. The van der Waals surface area contributed by atoms with Crippen molar-refractivity contribution in [2.45, 2.75) is 31.3 Å². The van der Waals surface area contributed by atoms with Crippen LogP contribution in [0.4, 0.5) is 5.95 Å². The summed E-state index contributed by atoms with van der Waals surface area (Å²) in [6.45, 7) is 6.80. The maximum Gasteiger partial charge on any atom is 0.233 e. The van der Waals surface area contributed by atoms with Crippen LogP contribution < -0.4 is 4.90 Å². The molecule has 0 saturated carbocycles. The Morgan fingerprint density at radius 1 is 1.04 bits per heavy atom. The Labute approximate surface area is 170 Å². The molecule has 0 N–H and O–H groups in total. The summed E-state index contributed by atoms with van der Waals surface area (Å²) in [6.07, 6.45) is 3.44. The molecule has 1 aromatic heterocycles. The largest absolute Gasteiger partial charge is 0.378 e. The van der Waals surface area contributed by atoms with E-state index in [1.807, 2.05) is 4.90 Å². The lowest BCUT2D eigenvalue weighted by Gasteiger charge is -2.28. The molecule has 4 rings (SSSR count). The van der Waals surface area contributed by atoms with Gasteiger partial charge in [0.05, 0.1) is 24.7 Å². The lowest BCUT2D eigenvalue weighted by molar-refractivity contribution is -0.129. The molecule has 2 fully saturated rings. The third-order valence-corrected chi connectivity index (χ3v) is 6.15. The highest BCUT2D eigenvalue weighted by molar-refractivity contribution is 7.99. The zero-order valence-corrected chi connectivity index (χ0v) is 17.2. The van der Waals surface area contributed by atoms with Crippen LogP contribution in [0.25, 0.3) is 5.69 Å². The van der Waals surface area contributed by atoms with E-state index in [-0.39, 0.29) is 5.91 Å². The van der Waals surface area contributed by atoms with E-state index in [9.17, 15) is 4.79 Å². The van der Waals surface area contributed by atoms with E-state index in [0.717, 1.165) is 55.8 Å². The van der Waals surface area contributed by atoms with Crippen LogP contribution in [-0.4, -0.2) is 70.7 Å². The van der Waals surface area contributed by atoms with E-state index in [2.05, 4.69) is 50.9 Å². The molecule has 0 unspecified atom stereocenters. The zero-order chi connectivity index (χ0) is 19.3. The second-order valence-electron chi connectivity index (χ2n) is 7.28. The van der Waals surface area contributed by atoms with E-state index in [1.165, 1.54) is 23.7 Å². The van der Waals surface area contributed by atoms with Crippen molar-refractivity contribution in [2.75, 3.05) is 50.0 Å². The van der Waals surface area contributed by atoms with Crippen molar-refractivity contribution in [1.82, 2.24) is 19.7 Å². The first-order valence-electron chi connectivity index (χ1n) is 9.98. The van der Waals surface area contributed by atoms with Gasteiger partial charge >= 0.3 is 0 Å². The number of thioether (sulfide) groups is 1. The first-order chi connectivity index (χ1) is 13.7. The molecular formula is C20H27N5O2S. The molecule has 150 valence electrons. The topological polar surface area (TPSA) is 63.5 Å². The third-order valence-electron chi connectivity index (χ3n) is 5.24. The van der Waals surface area contributed by atoms with Gasteiger partial charge in [-0.3, -0.25) is 9.36 Å². The average molecular weight is 402 g/mol. The van der Waals surface area contributed by atoms with Gasteiger partial charge in [-0.1, -0.05) is 29.5 Å². The van der Waals surface area contributed by atoms with Gasteiger partial charge in [0.25, 0.3) is 0 Å². The van der Waals surface area contributed by atoms with E-state index >= 15 is 0 Å². The van der Waals surface area contributed by atoms with Gasteiger partial charge in [-0.2, -0.15) is 0 Å². The van der Waals surface area contributed by atoms with Gasteiger partial charge in [-0.25, -0.2) is 0 Å². The summed E-state index contributed by atoms with van der Waals surface area (Å²) in [7, 11) is 0. The first kappa shape index (κ1) is 19.3. The number of aromatic nitrogens is 3. The fraction of sp³-hybridized carbons (Fsp3) is 0.550. The number of morpholine rings is 1. The molecule has 0 radical (unpaired) electrons. The molecule has 0 aliphatic carbocycles. The smallest absolute Gasteiger partial charge is 0.233 e. The van der Waals surface area contributed by atoms with Gasteiger partial charge in [0.2, 0.25) is 11.9 Å². The van der Waals surface area contributed by atoms with Crippen LogP contribution in [0, 0.1) is 6.92 Å². The van der Waals surface area contributed by atoms with E-state index < -0.39 is 0 Å². The standard InChI is InChI=1S/C20H27N5O2S/c1-16-5-7-17(8-6-16)25-19(24-11-13-27-14-12-24)21-22-20(25)28-15-18(26)23-9-3-2-4-10-23/h5-8H,2-4,9-15H2,1H3. The fourth-order valence-corrected chi connectivity index (χ4v) is 4.45. The molecule has 7 nitrogen and oxygen atoms in total. The second-order valence-corrected chi connectivity index (χ2v) is 8.23. The highest BCUT2D eigenvalue weighted by Gasteiger charge is 2.23. The summed E-state index contributed by atoms with van der Waals surface area (Å²) in [5.74, 6) is 1.41. The van der Waals surface area contributed by atoms with Crippen LogP contribution >= 0.6 is 11.8 Å². The lowest BCUT2D eigenvalue weighted by atomic mass is 10.1. The van der Waals surface area contributed by atoms with Gasteiger partial charge in [0.1, 0.15) is 0 Å². The Kier molecular flexibility index (Phi) is 6.17. The number of anilines is 1. The summed E-state index contributed by atoms with van der Waals surface area (Å²) in [5, 5.41) is 9.66. The van der Waals surface area contributed by atoms with E-state index in [0.29, 0.717) is 19.0 Å². The Balaban J connectivity index is 1.56. The number of hydrogen-bond acceptors (Lipinski definition) is 6. The number of benzene rings is 1. The van der Waals surface area contributed by atoms with E-state index in [4.69, 9.17) is 4.74 Å². The summed E-state index contributed by atoms with van der Waals surface area (Å²) in [4.78, 5) is 16.8. The molecular weight excluding hydrogens is 374 g/mol. The molecule has 0 atom stereocenters. The van der Waals surface area contributed by atoms with Gasteiger partial charge in [-0.05, 0) is 38.3 Å². The molecule has 2 aliphatic heterocycles. The predicted molar refractivity (Wildman–Crippen MR) is 110 cm³/mol. The third kappa shape index (κ3) is 4.33. The Morgan fingerprint density at radius 3 is 2.46 bits per heavy atom. The molecule has 8 heteroatoms. The van der Waals surface area contributed by atoms with Crippen molar-refractivity contribution in [3.8, 4) is 5.69 Å². The Hall–Kier alpha value is -2.06. The minimum atomic E-state index is 0.191. The van der Waals surface area contributed by atoms with Crippen LogP contribution in [0.5, 0.6) is 0 Å².